The van der Waals surface area contributed by atoms with Crippen LogP contribution in [0.25, 0.3) is 0 Å². The van der Waals surface area contributed by atoms with Crippen LogP contribution < -0.4 is 5.48 Å². The second-order valence-electron chi connectivity index (χ2n) is 8.80. The zero-order valence-electron chi connectivity index (χ0n) is 15.8. The number of rotatable bonds is 4. The van der Waals surface area contributed by atoms with E-state index in [1.807, 2.05) is 6.07 Å². The normalized spacial score (nSPS) is 25.5. The monoisotopic (exact) mass is 357 g/mol. The molecule has 0 aromatic carbocycles. The Hall–Kier alpha value is -1.46. The van der Waals surface area contributed by atoms with E-state index in [4.69, 9.17) is 5.21 Å². The van der Waals surface area contributed by atoms with Crippen LogP contribution in [0.5, 0.6) is 0 Å². The highest BCUT2D eigenvalue weighted by Crippen LogP contribution is 2.55. The maximum absolute atomic E-state index is 11.7. The smallest absolute Gasteiger partial charge is 0.276 e. The summed E-state index contributed by atoms with van der Waals surface area (Å²) in [4.78, 5) is 18.8. The number of hydrogen-bond acceptors (Lipinski definition) is 4. The third-order valence-electron chi connectivity index (χ3n) is 7.06. The van der Waals surface area contributed by atoms with E-state index < -0.39 is 5.91 Å². The van der Waals surface area contributed by atoms with Gasteiger partial charge >= 0.3 is 0 Å². The number of nitrogens with zero attached hydrogens (tertiary/aromatic N) is 2. The van der Waals surface area contributed by atoms with Gasteiger partial charge in [0.25, 0.3) is 5.91 Å². The Morgan fingerprint density at radius 1 is 1.35 bits per heavy atom. The minimum Gasteiger partial charge on any atom is -0.295 e. The Kier molecular flexibility index (Phi) is 5.02. The molecule has 1 aromatic heterocycles. The number of amides is 1. The third kappa shape index (κ3) is 3.39. The fourth-order valence-electron chi connectivity index (χ4n) is 5.70. The summed E-state index contributed by atoms with van der Waals surface area (Å²) < 4.78 is 0. The molecule has 2 aliphatic carbocycles. The first-order valence-corrected chi connectivity index (χ1v) is 10.3. The van der Waals surface area contributed by atoms with Gasteiger partial charge in [0, 0.05) is 37.4 Å². The van der Waals surface area contributed by atoms with Crippen molar-refractivity contribution < 1.29 is 10.0 Å². The molecule has 0 unspecified atom stereocenters. The highest BCUT2D eigenvalue weighted by Gasteiger charge is 2.45. The molecule has 2 heterocycles. The molecule has 0 bridgehead atoms. The Bertz CT molecular complexity index is 661. The molecular formula is C21H31N3O2. The van der Waals surface area contributed by atoms with Crippen molar-refractivity contribution in [1.82, 2.24) is 15.4 Å². The molecule has 1 spiro atoms. The molecule has 2 fully saturated rings. The first kappa shape index (κ1) is 17.9. The van der Waals surface area contributed by atoms with E-state index in [2.05, 4.69) is 16.8 Å². The average Bonchev–Trinajstić information content (AvgIpc) is 2.66. The van der Waals surface area contributed by atoms with Gasteiger partial charge in [-0.2, -0.15) is 0 Å². The number of fused-ring (bicyclic) bond motifs is 1. The van der Waals surface area contributed by atoms with Crippen molar-refractivity contribution in [2.45, 2.75) is 77.3 Å². The molecular weight excluding hydrogens is 326 g/mol. The van der Waals surface area contributed by atoms with Gasteiger partial charge in [0.2, 0.25) is 0 Å². The van der Waals surface area contributed by atoms with Crippen LogP contribution in [-0.2, 0) is 13.0 Å². The predicted octanol–water partition coefficient (Wildman–Crippen LogP) is 3.70. The Morgan fingerprint density at radius 3 is 2.81 bits per heavy atom. The van der Waals surface area contributed by atoms with Crippen molar-refractivity contribution in [3.8, 4) is 0 Å². The van der Waals surface area contributed by atoms with Gasteiger partial charge in [-0.25, -0.2) is 5.48 Å². The Balaban J connectivity index is 1.43. The van der Waals surface area contributed by atoms with Crippen LogP contribution in [0.3, 0.4) is 0 Å². The number of carbonyl (C=O) groups is 1. The highest BCUT2D eigenvalue weighted by atomic mass is 16.5. The lowest BCUT2D eigenvalue weighted by Crippen LogP contribution is -2.48. The summed E-state index contributed by atoms with van der Waals surface area (Å²) in [7, 11) is 0. The maximum atomic E-state index is 11.7. The van der Waals surface area contributed by atoms with Crippen molar-refractivity contribution in [3.05, 3.63) is 29.1 Å². The summed E-state index contributed by atoms with van der Waals surface area (Å²) in [5.74, 6) is 0.350. The van der Waals surface area contributed by atoms with Gasteiger partial charge in [0.05, 0.1) is 5.56 Å². The maximum Gasteiger partial charge on any atom is 0.276 e. The lowest BCUT2D eigenvalue weighted by molar-refractivity contribution is -0.0142. The van der Waals surface area contributed by atoms with E-state index in [0.717, 1.165) is 36.6 Å². The molecule has 1 atom stereocenters. The van der Waals surface area contributed by atoms with E-state index in [1.165, 1.54) is 51.5 Å². The van der Waals surface area contributed by atoms with Crippen molar-refractivity contribution in [2.24, 2.45) is 11.3 Å². The third-order valence-corrected chi connectivity index (χ3v) is 7.06. The van der Waals surface area contributed by atoms with E-state index in [1.54, 1.807) is 11.7 Å². The van der Waals surface area contributed by atoms with E-state index >= 15 is 0 Å². The molecule has 2 saturated carbocycles. The number of aromatic nitrogens is 1. The van der Waals surface area contributed by atoms with Crippen LogP contribution in [0, 0.1) is 11.3 Å². The zero-order valence-corrected chi connectivity index (χ0v) is 15.8. The quantitative estimate of drug-likeness (QED) is 0.637. The molecule has 1 aromatic rings. The zero-order chi connectivity index (χ0) is 18.1. The molecule has 26 heavy (non-hydrogen) atoms. The van der Waals surface area contributed by atoms with Crippen LogP contribution in [0.1, 0.15) is 79.9 Å². The molecule has 0 radical (unpaired) electrons. The van der Waals surface area contributed by atoms with E-state index in [0.29, 0.717) is 17.0 Å². The standard InChI is InChI=1S/C21H31N3O2/c1-2-18-9-19-17(8-16(12-22-19)20(25)23-26)14-24(18)13-15-10-21(11-15)6-4-3-5-7-21/h8,12,15,18,26H,2-7,9-11,13-14H2,1H3,(H,23,25)/t18-/m0/s1. The molecule has 3 aliphatic rings. The fourth-order valence-corrected chi connectivity index (χ4v) is 5.70. The minimum absolute atomic E-state index is 0.436. The van der Waals surface area contributed by atoms with Gasteiger partial charge in [-0.1, -0.05) is 26.2 Å². The lowest BCUT2D eigenvalue weighted by Gasteiger charge is -2.52. The SMILES string of the molecule is CC[C@H]1Cc2ncc(C(=O)NO)cc2CN1CC1CC2(CCCCC2)C1. The fraction of sp³-hybridized carbons (Fsp3) is 0.714. The number of nitrogens with one attached hydrogen (secondary N) is 1. The Labute approximate surface area is 156 Å². The van der Waals surface area contributed by atoms with Crippen molar-refractivity contribution >= 4 is 5.91 Å². The number of carbonyl (C=O) groups excluding carboxylic acids is 1. The van der Waals surface area contributed by atoms with Crippen LogP contribution in [0.15, 0.2) is 12.3 Å². The Morgan fingerprint density at radius 2 is 2.12 bits per heavy atom. The first-order valence-electron chi connectivity index (χ1n) is 10.3. The summed E-state index contributed by atoms with van der Waals surface area (Å²) in [5.41, 5.74) is 5.09. The highest BCUT2D eigenvalue weighted by molar-refractivity contribution is 5.93. The van der Waals surface area contributed by atoms with Crippen LogP contribution in [0.4, 0.5) is 0 Å². The molecule has 5 heteroatoms. The second kappa shape index (κ2) is 7.28. The van der Waals surface area contributed by atoms with E-state index in [9.17, 15) is 4.79 Å². The van der Waals surface area contributed by atoms with Crippen molar-refractivity contribution in [1.29, 1.82) is 0 Å². The largest absolute Gasteiger partial charge is 0.295 e. The van der Waals surface area contributed by atoms with Crippen molar-refractivity contribution in [2.75, 3.05) is 6.54 Å². The van der Waals surface area contributed by atoms with Gasteiger partial charge in [-0.05, 0) is 55.1 Å². The van der Waals surface area contributed by atoms with Crippen molar-refractivity contribution in [3.63, 3.8) is 0 Å². The van der Waals surface area contributed by atoms with Crippen LogP contribution in [-0.4, -0.2) is 33.6 Å². The van der Waals surface area contributed by atoms with E-state index in [-0.39, 0.29) is 0 Å². The molecule has 0 saturated heterocycles. The lowest BCUT2D eigenvalue weighted by atomic mass is 9.55. The van der Waals surface area contributed by atoms with Gasteiger partial charge < -0.3 is 0 Å². The van der Waals surface area contributed by atoms with Gasteiger partial charge in [-0.3, -0.25) is 19.9 Å². The minimum atomic E-state index is -0.484. The summed E-state index contributed by atoms with van der Waals surface area (Å²) in [6, 6.07) is 2.45. The second-order valence-corrected chi connectivity index (χ2v) is 8.80. The molecule has 1 aliphatic heterocycles. The molecule has 142 valence electrons. The number of hydrogen-bond donors (Lipinski definition) is 2. The number of hydroxylamine groups is 1. The van der Waals surface area contributed by atoms with Gasteiger partial charge in [0.15, 0.2) is 0 Å². The summed E-state index contributed by atoms with van der Waals surface area (Å²) in [6.07, 6.45) is 13.7. The number of pyridine rings is 1. The van der Waals surface area contributed by atoms with Crippen LogP contribution in [0.2, 0.25) is 0 Å². The van der Waals surface area contributed by atoms with Gasteiger partial charge in [0.1, 0.15) is 0 Å². The molecule has 2 N–H and O–H groups in total. The van der Waals surface area contributed by atoms with Crippen LogP contribution >= 0.6 is 0 Å². The molecule has 5 nitrogen and oxygen atoms in total. The summed E-state index contributed by atoms with van der Waals surface area (Å²) >= 11 is 0. The summed E-state index contributed by atoms with van der Waals surface area (Å²) in [5, 5.41) is 8.87. The molecule has 4 rings (SSSR count). The topological polar surface area (TPSA) is 65.5 Å². The molecule has 1 amide bonds. The average molecular weight is 357 g/mol. The summed E-state index contributed by atoms with van der Waals surface area (Å²) in [6.45, 7) is 4.31. The first-order chi connectivity index (χ1) is 12.6. The van der Waals surface area contributed by atoms with Gasteiger partial charge in [-0.15, -0.1) is 0 Å². The predicted molar refractivity (Wildman–Crippen MR) is 99.9 cm³/mol.